The van der Waals surface area contributed by atoms with Crippen LogP contribution in [0.25, 0.3) is 0 Å². The van der Waals surface area contributed by atoms with E-state index in [-0.39, 0.29) is 17.9 Å². The third-order valence-electron chi connectivity index (χ3n) is 4.84. The minimum Gasteiger partial charge on any atom is -0.353 e. The standard InChI is InChI=1S/C17H24N2O/c18-15-8-4-7-13(9-15)17(20)19-16-10-14(11-16)12-5-2-1-3-6-12/h1-3,5-6,13-16H,4,7-11,18H2,(H,19,20). The summed E-state index contributed by atoms with van der Waals surface area (Å²) in [4.78, 5) is 12.2. The highest BCUT2D eigenvalue weighted by Gasteiger charge is 2.33. The van der Waals surface area contributed by atoms with Gasteiger partial charge < -0.3 is 11.1 Å². The van der Waals surface area contributed by atoms with Crippen LogP contribution in [0.4, 0.5) is 0 Å². The molecule has 3 rings (SSSR count). The van der Waals surface area contributed by atoms with E-state index < -0.39 is 0 Å². The fourth-order valence-electron chi connectivity index (χ4n) is 3.52. The van der Waals surface area contributed by atoms with Gasteiger partial charge in [0, 0.05) is 18.0 Å². The lowest BCUT2D eigenvalue weighted by Crippen LogP contribution is -2.47. The van der Waals surface area contributed by atoms with E-state index in [1.807, 2.05) is 6.07 Å². The summed E-state index contributed by atoms with van der Waals surface area (Å²) < 4.78 is 0. The Morgan fingerprint density at radius 3 is 2.55 bits per heavy atom. The molecule has 0 aromatic heterocycles. The fourth-order valence-corrected chi connectivity index (χ4v) is 3.52. The number of benzene rings is 1. The lowest BCUT2D eigenvalue weighted by atomic mass is 9.75. The maximum absolute atomic E-state index is 12.2. The van der Waals surface area contributed by atoms with Gasteiger partial charge in [-0.05, 0) is 43.6 Å². The Hall–Kier alpha value is -1.35. The van der Waals surface area contributed by atoms with Gasteiger partial charge in [-0.3, -0.25) is 4.79 Å². The van der Waals surface area contributed by atoms with Gasteiger partial charge >= 0.3 is 0 Å². The molecular weight excluding hydrogens is 248 g/mol. The van der Waals surface area contributed by atoms with E-state index in [4.69, 9.17) is 5.73 Å². The third kappa shape index (κ3) is 3.04. The van der Waals surface area contributed by atoms with Crippen molar-refractivity contribution in [1.29, 1.82) is 0 Å². The number of carbonyl (C=O) groups is 1. The Morgan fingerprint density at radius 2 is 1.85 bits per heavy atom. The van der Waals surface area contributed by atoms with E-state index >= 15 is 0 Å². The van der Waals surface area contributed by atoms with E-state index in [9.17, 15) is 4.79 Å². The van der Waals surface area contributed by atoms with Gasteiger partial charge in [0.25, 0.3) is 0 Å². The SMILES string of the molecule is NC1CCCC(C(=O)NC2CC(c3ccccc3)C2)C1. The van der Waals surface area contributed by atoms with Crippen molar-refractivity contribution in [2.24, 2.45) is 11.7 Å². The summed E-state index contributed by atoms with van der Waals surface area (Å²) in [6.45, 7) is 0. The topological polar surface area (TPSA) is 55.1 Å². The van der Waals surface area contributed by atoms with Crippen LogP contribution in [0.1, 0.15) is 50.0 Å². The molecular formula is C17H24N2O. The van der Waals surface area contributed by atoms with Gasteiger partial charge in [-0.25, -0.2) is 0 Å². The van der Waals surface area contributed by atoms with Gasteiger partial charge in [-0.1, -0.05) is 36.8 Å². The van der Waals surface area contributed by atoms with Crippen LogP contribution in [0.5, 0.6) is 0 Å². The summed E-state index contributed by atoms with van der Waals surface area (Å²) in [6, 6.07) is 11.2. The van der Waals surface area contributed by atoms with E-state index in [1.165, 1.54) is 5.56 Å². The van der Waals surface area contributed by atoms with Crippen molar-refractivity contribution >= 4 is 5.91 Å². The Bertz CT molecular complexity index is 453. The molecule has 0 aliphatic heterocycles. The second-order valence-electron chi connectivity index (χ2n) is 6.41. The van der Waals surface area contributed by atoms with Gasteiger partial charge in [-0.15, -0.1) is 0 Å². The molecule has 2 atom stereocenters. The van der Waals surface area contributed by atoms with Crippen LogP contribution in [0, 0.1) is 5.92 Å². The monoisotopic (exact) mass is 272 g/mol. The summed E-state index contributed by atoms with van der Waals surface area (Å²) in [5.41, 5.74) is 7.36. The molecule has 2 aliphatic carbocycles. The summed E-state index contributed by atoms with van der Waals surface area (Å²) in [7, 11) is 0. The number of hydrogen-bond acceptors (Lipinski definition) is 2. The zero-order valence-electron chi connectivity index (χ0n) is 11.9. The molecule has 3 heteroatoms. The summed E-state index contributed by atoms with van der Waals surface area (Å²) >= 11 is 0. The highest BCUT2D eigenvalue weighted by Crippen LogP contribution is 2.37. The minimum atomic E-state index is 0.148. The number of carbonyl (C=O) groups excluding carboxylic acids is 1. The van der Waals surface area contributed by atoms with Crippen LogP contribution in [-0.2, 0) is 4.79 Å². The quantitative estimate of drug-likeness (QED) is 0.888. The van der Waals surface area contributed by atoms with Crippen LogP contribution >= 0.6 is 0 Å². The summed E-state index contributed by atoms with van der Waals surface area (Å²) in [5, 5.41) is 3.21. The molecule has 1 aromatic carbocycles. The second kappa shape index (κ2) is 5.96. The maximum Gasteiger partial charge on any atom is 0.223 e. The number of rotatable bonds is 3. The van der Waals surface area contributed by atoms with Crippen molar-refractivity contribution in [3.63, 3.8) is 0 Å². The first-order valence-electron chi connectivity index (χ1n) is 7.83. The highest BCUT2D eigenvalue weighted by atomic mass is 16.1. The average Bonchev–Trinajstić information content (AvgIpc) is 2.43. The normalized spacial score (nSPS) is 33.2. The molecule has 2 saturated carbocycles. The summed E-state index contributed by atoms with van der Waals surface area (Å²) in [6.07, 6.45) is 6.19. The Labute approximate surface area is 120 Å². The minimum absolute atomic E-state index is 0.148. The molecule has 1 aromatic rings. The number of hydrogen-bond donors (Lipinski definition) is 2. The largest absolute Gasteiger partial charge is 0.353 e. The molecule has 2 aliphatic rings. The molecule has 3 N–H and O–H groups in total. The number of amides is 1. The van der Waals surface area contributed by atoms with Gasteiger partial charge in [-0.2, -0.15) is 0 Å². The Balaban J connectivity index is 1.45. The van der Waals surface area contributed by atoms with Crippen molar-refractivity contribution in [3.05, 3.63) is 35.9 Å². The molecule has 108 valence electrons. The van der Waals surface area contributed by atoms with Gasteiger partial charge in [0.1, 0.15) is 0 Å². The van der Waals surface area contributed by atoms with Crippen molar-refractivity contribution in [2.75, 3.05) is 0 Å². The molecule has 0 bridgehead atoms. The lowest BCUT2D eigenvalue weighted by molar-refractivity contribution is -0.127. The van der Waals surface area contributed by atoms with Crippen molar-refractivity contribution < 1.29 is 4.79 Å². The molecule has 2 unspecified atom stereocenters. The van der Waals surface area contributed by atoms with Crippen LogP contribution in [-0.4, -0.2) is 18.0 Å². The second-order valence-corrected chi connectivity index (χ2v) is 6.41. The van der Waals surface area contributed by atoms with Crippen molar-refractivity contribution in [3.8, 4) is 0 Å². The Morgan fingerprint density at radius 1 is 1.10 bits per heavy atom. The van der Waals surface area contributed by atoms with Gasteiger partial charge in [0.2, 0.25) is 5.91 Å². The van der Waals surface area contributed by atoms with Gasteiger partial charge in [0.05, 0.1) is 0 Å². The molecule has 20 heavy (non-hydrogen) atoms. The predicted molar refractivity (Wildman–Crippen MR) is 80.3 cm³/mol. The lowest BCUT2D eigenvalue weighted by Gasteiger charge is -2.37. The molecule has 1 amide bonds. The van der Waals surface area contributed by atoms with Crippen molar-refractivity contribution in [2.45, 2.75) is 56.5 Å². The predicted octanol–water partition coefficient (Wildman–Crippen LogP) is 2.57. The first kappa shape index (κ1) is 13.6. The fraction of sp³-hybridized carbons (Fsp3) is 0.588. The van der Waals surface area contributed by atoms with Crippen LogP contribution < -0.4 is 11.1 Å². The molecule has 0 radical (unpaired) electrons. The van der Waals surface area contributed by atoms with Crippen LogP contribution in [0.2, 0.25) is 0 Å². The smallest absolute Gasteiger partial charge is 0.223 e. The van der Waals surface area contributed by atoms with E-state index in [0.29, 0.717) is 12.0 Å². The van der Waals surface area contributed by atoms with Crippen molar-refractivity contribution in [1.82, 2.24) is 5.32 Å². The zero-order chi connectivity index (χ0) is 13.9. The summed E-state index contributed by atoms with van der Waals surface area (Å²) in [5.74, 6) is 1.00. The highest BCUT2D eigenvalue weighted by molar-refractivity contribution is 5.79. The molecule has 0 saturated heterocycles. The molecule has 0 heterocycles. The molecule has 0 spiro atoms. The van der Waals surface area contributed by atoms with E-state index in [2.05, 4.69) is 29.6 Å². The number of nitrogens with two attached hydrogens (primary N) is 1. The average molecular weight is 272 g/mol. The first-order chi connectivity index (χ1) is 9.72. The zero-order valence-corrected chi connectivity index (χ0v) is 11.9. The maximum atomic E-state index is 12.2. The first-order valence-corrected chi connectivity index (χ1v) is 7.83. The third-order valence-corrected chi connectivity index (χ3v) is 4.84. The van der Waals surface area contributed by atoms with E-state index in [0.717, 1.165) is 38.5 Å². The Kier molecular flexibility index (Phi) is 4.06. The van der Waals surface area contributed by atoms with Crippen LogP contribution in [0.3, 0.4) is 0 Å². The van der Waals surface area contributed by atoms with E-state index in [1.54, 1.807) is 0 Å². The number of nitrogens with one attached hydrogen (secondary N) is 1. The molecule has 3 nitrogen and oxygen atoms in total. The van der Waals surface area contributed by atoms with Crippen LogP contribution in [0.15, 0.2) is 30.3 Å². The molecule has 2 fully saturated rings. The van der Waals surface area contributed by atoms with Gasteiger partial charge in [0.15, 0.2) is 0 Å².